The zero-order valence-electron chi connectivity index (χ0n) is 12.5. The fourth-order valence-corrected chi connectivity index (χ4v) is 3.24. The molecule has 23 heavy (non-hydrogen) atoms. The van der Waals surface area contributed by atoms with E-state index in [2.05, 4.69) is 15.6 Å². The van der Waals surface area contributed by atoms with Crippen LogP contribution in [0.4, 0.5) is 0 Å². The average molecular weight is 327 g/mol. The van der Waals surface area contributed by atoms with Crippen molar-refractivity contribution in [3.8, 4) is 0 Å². The molecule has 2 amide bonds. The molecule has 0 unspecified atom stereocenters. The van der Waals surface area contributed by atoms with Crippen LogP contribution in [-0.2, 0) is 4.79 Å². The Morgan fingerprint density at radius 1 is 1.22 bits per heavy atom. The Hall–Kier alpha value is -2.34. The van der Waals surface area contributed by atoms with Gasteiger partial charge in [-0.15, -0.1) is 11.8 Å². The molecule has 0 spiro atoms. The first-order valence-corrected chi connectivity index (χ1v) is 8.43. The van der Waals surface area contributed by atoms with E-state index in [4.69, 9.17) is 0 Å². The minimum Gasteiger partial charge on any atom is -0.355 e. The van der Waals surface area contributed by atoms with Crippen molar-refractivity contribution in [3.05, 3.63) is 59.8 Å². The Kier molecular flexibility index (Phi) is 4.92. The first-order chi connectivity index (χ1) is 11.2. The minimum atomic E-state index is -0.234. The lowest BCUT2D eigenvalue weighted by Gasteiger charge is -2.11. The molecule has 1 aromatic carbocycles. The lowest BCUT2D eigenvalue weighted by Crippen LogP contribution is -2.30. The maximum absolute atomic E-state index is 12.0. The number of hydrogen-bond acceptors (Lipinski definition) is 4. The summed E-state index contributed by atoms with van der Waals surface area (Å²) < 4.78 is 0. The van der Waals surface area contributed by atoms with Crippen molar-refractivity contribution in [3.63, 3.8) is 0 Å². The van der Waals surface area contributed by atoms with Crippen LogP contribution >= 0.6 is 11.8 Å². The van der Waals surface area contributed by atoms with Gasteiger partial charge < -0.3 is 10.6 Å². The van der Waals surface area contributed by atoms with E-state index in [1.165, 1.54) is 0 Å². The number of fused-ring (bicyclic) bond motifs is 1. The minimum absolute atomic E-state index is 0.0615. The van der Waals surface area contributed by atoms with E-state index in [9.17, 15) is 9.59 Å². The van der Waals surface area contributed by atoms with E-state index in [0.717, 1.165) is 16.3 Å². The molecule has 0 saturated heterocycles. The highest BCUT2D eigenvalue weighted by Crippen LogP contribution is 2.27. The summed E-state index contributed by atoms with van der Waals surface area (Å²) in [6, 6.07) is 12.9. The van der Waals surface area contributed by atoms with Gasteiger partial charge in [0.2, 0.25) is 5.91 Å². The average Bonchev–Trinajstić information content (AvgIpc) is 2.89. The van der Waals surface area contributed by atoms with E-state index >= 15 is 0 Å². The van der Waals surface area contributed by atoms with Gasteiger partial charge in [0.15, 0.2) is 0 Å². The topological polar surface area (TPSA) is 71.1 Å². The molecule has 2 aromatic rings. The van der Waals surface area contributed by atoms with Gasteiger partial charge in [-0.25, -0.2) is 4.98 Å². The Morgan fingerprint density at radius 2 is 2.04 bits per heavy atom. The summed E-state index contributed by atoms with van der Waals surface area (Å²) in [4.78, 5) is 28.1. The maximum Gasteiger partial charge on any atom is 0.252 e. The van der Waals surface area contributed by atoms with Crippen LogP contribution in [0.1, 0.15) is 28.4 Å². The molecule has 3 rings (SSSR count). The monoisotopic (exact) mass is 327 g/mol. The van der Waals surface area contributed by atoms with Crippen LogP contribution < -0.4 is 10.6 Å². The van der Waals surface area contributed by atoms with Gasteiger partial charge in [0.1, 0.15) is 0 Å². The van der Waals surface area contributed by atoms with Gasteiger partial charge in [-0.05, 0) is 23.8 Å². The molecule has 6 heteroatoms. The first kappa shape index (κ1) is 15.6. The summed E-state index contributed by atoms with van der Waals surface area (Å²) >= 11 is 1.60. The van der Waals surface area contributed by atoms with E-state index < -0.39 is 0 Å². The number of hydrogen-bond donors (Lipinski definition) is 2. The van der Waals surface area contributed by atoms with Gasteiger partial charge in [-0.1, -0.05) is 24.3 Å². The number of carbonyl (C=O) groups excluding carboxylic acids is 2. The Bertz CT molecular complexity index is 706. The number of rotatable bonds is 6. The third-order valence-electron chi connectivity index (χ3n) is 3.59. The van der Waals surface area contributed by atoms with Gasteiger partial charge in [-0.2, -0.15) is 0 Å². The fourth-order valence-electron chi connectivity index (χ4n) is 2.52. The van der Waals surface area contributed by atoms with Crippen LogP contribution in [0.2, 0.25) is 0 Å². The molecule has 5 nitrogen and oxygen atoms in total. The van der Waals surface area contributed by atoms with Crippen molar-refractivity contribution >= 4 is 23.6 Å². The highest BCUT2D eigenvalue weighted by Gasteiger charge is 2.29. The van der Waals surface area contributed by atoms with Crippen LogP contribution in [-0.4, -0.2) is 29.1 Å². The third kappa shape index (κ3) is 3.90. The molecule has 1 aliphatic rings. The molecule has 2 heterocycles. The molecule has 0 aliphatic carbocycles. The van der Waals surface area contributed by atoms with Crippen LogP contribution in [0.5, 0.6) is 0 Å². The van der Waals surface area contributed by atoms with Crippen LogP contribution in [0.15, 0.2) is 53.7 Å². The summed E-state index contributed by atoms with van der Waals surface area (Å²) in [6.45, 7) is 0.572. The quantitative estimate of drug-likeness (QED) is 0.630. The Labute approximate surface area is 138 Å². The van der Waals surface area contributed by atoms with E-state index in [-0.39, 0.29) is 24.3 Å². The van der Waals surface area contributed by atoms with Crippen LogP contribution in [0.3, 0.4) is 0 Å². The lowest BCUT2D eigenvalue weighted by molar-refractivity contribution is -0.121. The number of amides is 2. The number of carbonyl (C=O) groups is 2. The number of nitrogens with zero attached hydrogens (tertiary/aromatic N) is 1. The smallest absolute Gasteiger partial charge is 0.252 e. The summed E-state index contributed by atoms with van der Waals surface area (Å²) in [5.74, 6) is 0.592. The van der Waals surface area contributed by atoms with Gasteiger partial charge in [-0.3, -0.25) is 9.59 Å². The molecule has 0 radical (unpaired) electrons. The molecule has 118 valence electrons. The van der Waals surface area contributed by atoms with Crippen molar-refractivity contribution in [1.82, 2.24) is 15.6 Å². The third-order valence-corrected chi connectivity index (χ3v) is 4.53. The van der Waals surface area contributed by atoms with Gasteiger partial charge in [0, 0.05) is 24.1 Å². The predicted molar refractivity (Wildman–Crippen MR) is 89.2 cm³/mol. The normalized spacial score (nSPS) is 15.8. The largest absolute Gasteiger partial charge is 0.355 e. The number of benzene rings is 1. The van der Waals surface area contributed by atoms with E-state index in [1.54, 1.807) is 24.0 Å². The number of thioether (sulfide) groups is 1. The van der Waals surface area contributed by atoms with Crippen molar-refractivity contribution < 1.29 is 9.59 Å². The Balaban J connectivity index is 1.44. The molecule has 0 saturated carbocycles. The Morgan fingerprint density at radius 3 is 2.87 bits per heavy atom. The number of nitrogens with one attached hydrogen (secondary N) is 2. The number of aromatic nitrogens is 1. The molecular weight excluding hydrogens is 310 g/mol. The zero-order chi connectivity index (χ0) is 16.1. The molecule has 2 N–H and O–H groups in total. The van der Waals surface area contributed by atoms with Gasteiger partial charge in [0.25, 0.3) is 5.91 Å². The molecule has 1 aliphatic heterocycles. The molecule has 0 bridgehead atoms. The summed E-state index contributed by atoms with van der Waals surface area (Å²) in [6.07, 6.45) is 2.01. The second kappa shape index (κ2) is 7.28. The molecule has 1 atom stereocenters. The van der Waals surface area contributed by atoms with Crippen molar-refractivity contribution in [2.75, 3.05) is 12.3 Å². The van der Waals surface area contributed by atoms with E-state index in [1.807, 2.05) is 36.4 Å². The number of pyridine rings is 1. The van der Waals surface area contributed by atoms with Gasteiger partial charge in [0.05, 0.1) is 17.5 Å². The van der Waals surface area contributed by atoms with E-state index in [0.29, 0.717) is 12.1 Å². The van der Waals surface area contributed by atoms with Crippen LogP contribution in [0.25, 0.3) is 0 Å². The fraction of sp³-hybridized carbons (Fsp3) is 0.235. The van der Waals surface area contributed by atoms with Crippen molar-refractivity contribution in [1.29, 1.82) is 0 Å². The lowest BCUT2D eigenvalue weighted by atomic mass is 10.0. The molecular formula is C17H17N3O2S. The standard InChI is InChI=1S/C17H17N3O2S/c21-15(18-9-10-23-16-7-3-4-8-19-16)11-14-12-5-1-2-6-13(12)17(22)20-14/h1-8,14H,9-11H2,(H,18,21)(H,20,22)/t14-/m0/s1. The van der Waals surface area contributed by atoms with Crippen LogP contribution in [0, 0.1) is 0 Å². The summed E-state index contributed by atoms with van der Waals surface area (Å²) in [7, 11) is 0. The second-order valence-corrected chi connectivity index (χ2v) is 6.30. The highest BCUT2D eigenvalue weighted by atomic mass is 32.2. The maximum atomic E-state index is 12.0. The van der Waals surface area contributed by atoms with Gasteiger partial charge >= 0.3 is 0 Å². The van der Waals surface area contributed by atoms with Crippen molar-refractivity contribution in [2.24, 2.45) is 0 Å². The predicted octanol–water partition coefficient (Wildman–Crippen LogP) is 2.16. The highest BCUT2D eigenvalue weighted by molar-refractivity contribution is 7.99. The molecule has 0 fully saturated rings. The SMILES string of the molecule is O=C(C[C@@H]1NC(=O)c2ccccc21)NCCSc1ccccn1. The first-order valence-electron chi connectivity index (χ1n) is 7.44. The zero-order valence-corrected chi connectivity index (χ0v) is 13.3. The summed E-state index contributed by atoms with van der Waals surface area (Å²) in [5.41, 5.74) is 1.56. The van der Waals surface area contributed by atoms with Crippen molar-refractivity contribution in [2.45, 2.75) is 17.5 Å². The second-order valence-electron chi connectivity index (χ2n) is 5.18. The summed E-state index contributed by atoms with van der Waals surface area (Å²) in [5, 5.41) is 6.68. The molecule has 1 aromatic heterocycles.